The molecule has 0 spiro atoms. The van der Waals surface area contributed by atoms with Crippen molar-refractivity contribution in [3.8, 4) is 0 Å². The second kappa shape index (κ2) is 4.18. The second-order valence-electron chi connectivity index (χ2n) is 4.11. The monoisotopic (exact) mass is 233 g/mol. The summed E-state index contributed by atoms with van der Waals surface area (Å²) in [5, 5.41) is 9.59. The molecule has 5 nitrogen and oxygen atoms in total. The number of aliphatic hydroxyl groups is 1. The molecule has 0 bridgehead atoms. The molecule has 0 saturated carbocycles. The van der Waals surface area contributed by atoms with Gasteiger partial charge in [-0.15, -0.1) is 0 Å². The van der Waals surface area contributed by atoms with Gasteiger partial charge in [0.15, 0.2) is 0 Å². The lowest BCUT2D eigenvalue weighted by Crippen LogP contribution is -2.11. The summed E-state index contributed by atoms with van der Waals surface area (Å²) in [7, 11) is 0. The molecule has 0 saturated heterocycles. The van der Waals surface area contributed by atoms with Crippen LogP contribution in [0, 0.1) is 13.8 Å². The molecule has 5 heteroatoms. The van der Waals surface area contributed by atoms with Gasteiger partial charge in [0.25, 0.3) is 5.91 Å². The van der Waals surface area contributed by atoms with Crippen LogP contribution in [0.1, 0.15) is 40.3 Å². The number of hydrogen-bond donors (Lipinski definition) is 2. The number of aliphatic hydroxyl groups excluding tert-OH is 1. The molecule has 1 atom stereocenters. The lowest BCUT2D eigenvalue weighted by atomic mass is 10.1. The Morgan fingerprint density at radius 1 is 1.53 bits per heavy atom. The van der Waals surface area contributed by atoms with Crippen LogP contribution in [0.2, 0.25) is 0 Å². The van der Waals surface area contributed by atoms with Gasteiger partial charge in [0.05, 0.1) is 11.7 Å². The fourth-order valence-corrected chi connectivity index (χ4v) is 2.02. The molecule has 2 rings (SSSR count). The summed E-state index contributed by atoms with van der Waals surface area (Å²) in [6.45, 7) is 5.32. The van der Waals surface area contributed by atoms with Crippen molar-refractivity contribution < 1.29 is 9.90 Å². The van der Waals surface area contributed by atoms with Crippen LogP contribution in [0.3, 0.4) is 0 Å². The smallest absolute Gasteiger partial charge is 0.265 e. The summed E-state index contributed by atoms with van der Waals surface area (Å²) < 4.78 is 1.43. The second-order valence-corrected chi connectivity index (χ2v) is 4.11. The quantitative estimate of drug-likeness (QED) is 0.827. The van der Waals surface area contributed by atoms with Crippen molar-refractivity contribution >= 4 is 5.91 Å². The summed E-state index contributed by atoms with van der Waals surface area (Å²) in [5.74, 6) is -0.138. The predicted molar refractivity (Wildman–Crippen MR) is 62.9 cm³/mol. The Morgan fingerprint density at radius 2 is 2.24 bits per heavy atom. The van der Waals surface area contributed by atoms with Gasteiger partial charge in [-0.2, -0.15) is 0 Å². The lowest BCUT2D eigenvalue weighted by molar-refractivity contribution is 0.0958. The van der Waals surface area contributed by atoms with Gasteiger partial charge in [-0.3, -0.25) is 9.36 Å². The highest BCUT2D eigenvalue weighted by molar-refractivity contribution is 5.98. The van der Waals surface area contributed by atoms with E-state index in [4.69, 9.17) is 0 Å². The zero-order valence-corrected chi connectivity index (χ0v) is 10.1. The third-order valence-electron chi connectivity index (χ3n) is 2.85. The van der Waals surface area contributed by atoms with E-state index in [0.29, 0.717) is 11.3 Å². The number of imidazole rings is 1. The average molecular weight is 233 g/mol. The molecule has 0 amide bonds. The van der Waals surface area contributed by atoms with Crippen molar-refractivity contribution in [2.24, 2.45) is 0 Å². The van der Waals surface area contributed by atoms with Crippen molar-refractivity contribution in [1.29, 1.82) is 0 Å². The number of carbonyl (C=O) groups excluding carboxylic acids is 1. The maximum Gasteiger partial charge on any atom is 0.265 e. The Morgan fingerprint density at radius 3 is 2.71 bits per heavy atom. The van der Waals surface area contributed by atoms with Crippen LogP contribution >= 0.6 is 0 Å². The first-order valence-electron chi connectivity index (χ1n) is 5.42. The number of aryl methyl sites for hydroxylation is 1. The molecule has 2 N–H and O–H groups in total. The molecular formula is C12H15N3O2. The molecular weight excluding hydrogens is 218 g/mol. The van der Waals surface area contributed by atoms with Crippen LogP contribution < -0.4 is 0 Å². The van der Waals surface area contributed by atoms with E-state index in [9.17, 15) is 9.90 Å². The standard InChI is InChI=1S/C12H15N3O2/c1-7-10(8(2)14-11(7)9(3)16)12(17)15-5-4-13-6-15/h4-6,9,14,16H,1-3H3. The molecule has 2 aromatic heterocycles. The minimum atomic E-state index is -0.613. The van der Waals surface area contributed by atoms with E-state index >= 15 is 0 Å². The Kier molecular flexibility index (Phi) is 2.85. The minimum Gasteiger partial charge on any atom is -0.387 e. The van der Waals surface area contributed by atoms with Crippen molar-refractivity contribution in [1.82, 2.24) is 14.5 Å². The number of rotatable bonds is 2. The van der Waals surface area contributed by atoms with Crippen LogP contribution in [-0.2, 0) is 0 Å². The van der Waals surface area contributed by atoms with Gasteiger partial charge in [0.2, 0.25) is 0 Å². The number of carbonyl (C=O) groups is 1. The number of nitrogens with one attached hydrogen (secondary N) is 1. The van der Waals surface area contributed by atoms with Gasteiger partial charge < -0.3 is 10.1 Å². The molecule has 1 unspecified atom stereocenters. The third-order valence-corrected chi connectivity index (χ3v) is 2.85. The molecule has 0 aliphatic carbocycles. The van der Waals surface area contributed by atoms with E-state index < -0.39 is 6.10 Å². The van der Waals surface area contributed by atoms with Crippen molar-refractivity contribution in [2.45, 2.75) is 26.9 Å². The fourth-order valence-electron chi connectivity index (χ4n) is 2.02. The Balaban J connectivity index is 2.50. The highest BCUT2D eigenvalue weighted by Crippen LogP contribution is 2.23. The summed E-state index contributed by atoms with van der Waals surface area (Å²) in [6, 6.07) is 0. The molecule has 2 aromatic rings. The number of nitrogens with zero attached hydrogens (tertiary/aromatic N) is 2. The normalized spacial score (nSPS) is 12.7. The average Bonchev–Trinajstić information content (AvgIpc) is 2.86. The van der Waals surface area contributed by atoms with Crippen LogP contribution in [0.25, 0.3) is 0 Å². The molecule has 0 aliphatic rings. The number of aromatic nitrogens is 3. The van der Waals surface area contributed by atoms with Gasteiger partial charge in [-0.05, 0) is 26.3 Å². The molecule has 0 aromatic carbocycles. The van der Waals surface area contributed by atoms with E-state index in [1.165, 1.54) is 10.9 Å². The third kappa shape index (κ3) is 1.89. The van der Waals surface area contributed by atoms with Crippen LogP contribution in [-0.4, -0.2) is 25.5 Å². The molecule has 0 aliphatic heterocycles. The maximum absolute atomic E-state index is 12.2. The van der Waals surface area contributed by atoms with Crippen LogP contribution in [0.4, 0.5) is 0 Å². The van der Waals surface area contributed by atoms with Crippen molar-refractivity contribution in [3.63, 3.8) is 0 Å². The van der Waals surface area contributed by atoms with E-state index in [2.05, 4.69) is 9.97 Å². The van der Waals surface area contributed by atoms with E-state index in [0.717, 1.165) is 11.3 Å². The van der Waals surface area contributed by atoms with Crippen molar-refractivity contribution in [2.75, 3.05) is 0 Å². The lowest BCUT2D eigenvalue weighted by Gasteiger charge is -2.04. The first-order valence-corrected chi connectivity index (χ1v) is 5.42. The SMILES string of the molecule is Cc1[nH]c(C(C)O)c(C)c1C(=O)n1ccnc1. The van der Waals surface area contributed by atoms with Gasteiger partial charge in [-0.1, -0.05) is 0 Å². The van der Waals surface area contributed by atoms with Gasteiger partial charge in [0.1, 0.15) is 6.33 Å². The highest BCUT2D eigenvalue weighted by atomic mass is 16.3. The van der Waals surface area contributed by atoms with E-state index in [1.807, 2.05) is 13.8 Å². The fraction of sp³-hybridized carbons (Fsp3) is 0.333. The zero-order chi connectivity index (χ0) is 12.6. The van der Waals surface area contributed by atoms with Crippen LogP contribution in [0.5, 0.6) is 0 Å². The first-order chi connectivity index (χ1) is 8.02. The molecule has 90 valence electrons. The topological polar surface area (TPSA) is 70.9 Å². The summed E-state index contributed by atoms with van der Waals surface area (Å²) in [6.07, 6.45) is 4.02. The first kappa shape index (κ1) is 11.6. The summed E-state index contributed by atoms with van der Waals surface area (Å²) in [5.41, 5.74) is 2.83. The molecule has 0 fully saturated rings. The Hall–Kier alpha value is -1.88. The maximum atomic E-state index is 12.2. The zero-order valence-electron chi connectivity index (χ0n) is 10.1. The van der Waals surface area contributed by atoms with Gasteiger partial charge >= 0.3 is 0 Å². The minimum absolute atomic E-state index is 0.138. The number of aromatic amines is 1. The molecule has 2 heterocycles. The predicted octanol–water partition coefficient (Wildman–Crippen LogP) is 1.57. The van der Waals surface area contributed by atoms with Crippen LogP contribution in [0.15, 0.2) is 18.7 Å². The van der Waals surface area contributed by atoms with E-state index in [1.54, 1.807) is 19.3 Å². The Labute approximate surface area is 99.1 Å². The van der Waals surface area contributed by atoms with Crippen molar-refractivity contribution in [3.05, 3.63) is 41.2 Å². The summed E-state index contributed by atoms with van der Waals surface area (Å²) >= 11 is 0. The number of hydrogen-bond acceptors (Lipinski definition) is 3. The largest absolute Gasteiger partial charge is 0.387 e. The van der Waals surface area contributed by atoms with Gasteiger partial charge in [-0.25, -0.2) is 4.98 Å². The van der Waals surface area contributed by atoms with Gasteiger partial charge in [0, 0.05) is 23.8 Å². The highest BCUT2D eigenvalue weighted by Gasteiger charge is 2.20. The molecule has 0 radical (unpaired) electrons. The number of H-pyrrole nitrogens is 1. The Bertz CT molecular complexity index is 538. The summed E-state index contributed by atoms with van der Waals surface area (Å²) in [4.78, 5) is 19.1. The molecule has 17 heavy (non-hydrogen) atoms. The van der Waals surface area contributed by atoms with E-state index in [-0.39, 0.29) is 5.91 Å².